The molecule has 4 unspecified atom stereocenters. The maximum Gasteiger partial charge on any atom is 0.0214 e. The smallest absolute Gasteiger partial charge is 0.0214 e. The number of fused-ring (bicyclic) bond motifs is 1. The normalized spacial score (nSPS) is 38.8. The van der Waals surface area contributed by atoms with E-state index in [4.69, 9.17) is 5.73 Å². The van der Waals surface area contributed by atoms with E-state index in [9.17, 15) is 0 Å². The van der Waals surface area contributed by atoms with Gasteiger partial charge in [-0.2, -0.15) is 0 Å². The van der Waals surface area contributed by atoms with Gasteiger partial charge in [-0.05, 0) is 75.0 Å². The number of allylic oxidation sites excluding steroid dienone is 1. The molecule has 0 aromatic heterocycles. The van der Waals surface area contributed by atoms with E-state index in [1.54, 1.807) is 0 Å². The summed E-state index contributed by atoms with van der Waals surface area (Å²) in [4.78, 5) is 0. The zero-order valence-electron chi connectivity index (χ0n) is 14.9. The first-order valence-corrected chi connectivity index (χ1v) is 9.18. The molecule has 0 heterocycles. The van der Waals surface area contributed by atoms with Crippen molar-refractivity contribution in [3.8, 4) is 0 Å². The lowest BCUT2D eigenvalue weighted by atomic mass is 9.52. The fourth-order valence-electron chi connectivity index (χ4n) is 5.12. The molecule has 2 N–H and O–H groups in total. The highest BCUT2D eigenvalue weighted by Gasteiger charge is 2.51. The number of rotatable bonds is 5. The highest BCUT2D eigenvalue weighted by molar-refractivity contribution is 5.06. The van der Waals surface area contributed by atoms with E-state index < -0.39 is 0 Å². The molecule has 0 bridgehead atoms. The molecule has 0 aromatic rings. The van der Waals surface area contributed by atoms with Crippen LogP contribution in [0.2, 0.25) is 0 Å². The van der Waals surface area contributed by atoms with Gasteiger partial charge in [-0.3, -0.25) is 0 Å². The summed E-state index contributed by atoms with van der Waals surface area (Å²) in [6, 6.07) is 0. The van der Waals surface area contributed by atoms with E-state index in [2.05, 4.69) is 34.3 Å². The van der Waals surface area contributed by atoms with Crippen molar-refractivity contribution in [2.24, 2.45) is 28.9 Å². The Kier molecular flexibility index (Phi) is 5.23. The van der Waals surface area contributed by atoms with Gasteiger partial charge in [0.2, 0.25) is 0 Å². The molecule has 0 aromatic carbocycles. The molecule has 122 valence electrons. The third-order valence-electron chi connectivity index (χ3n) is 6.51. The third-order valence-corrected chi connectivity index (χ3v) is 6.51. The summed E-state index contributed by atoms with van der Waals surface area (Å²) in [6.07, 6.45) is 11.8. The van der Waals surface area contributed by atoms with Gasteiger partial charge in [-0.25, -0.2) is 0 Å². The predicted molar refractivity (Wildman–Crippen MR) is 93.2 cm³/mol. The van der Waals surface area contributed by atoms with Crippen LogP contribution in [0.25, 0.3) is 0 Å². The molecule has 2 aliphatic rings. The molecule has 21 heavy (non-hydrogen) atoms. The highest BCUT2D eigenvalue weighted by atomic mass is 14.8. The van der Waals surface area contributed by atoms with E-state index in [1.807, 2.05) is 0 Å². The van der Waals surface area contributed by atoms with E-state index in [0.717, 1.165) is 17.8 Å². The summed E-state index contributed by atoms with van der Waals surface area (Å²) in [5.41, 5.74) is 9.02. The van der Waals surface area contributed by atoms with Crippen LogP contribution in [0.15, 0.2) is 12.2 Å². The number of hydrogen-bond donors (Lipinski definition) is 1. The van der Waals surface area contributed by atoms with Crippen LogP contribution in [0.3, 0.4) is 0 Å². The van der Waals surface area contributed by atoms with Gasteiger partial charge in [-0.1, -0.05) is 39.2 Å². The highest BCUT2D eigenvalue weighted by Crippen LogP contribution is 2.53. The molecule has 1 nitrogen and oxygen atoms in total. The van der Waals surface area contributed by atoms with Crippen LogP contribution in [0.5, 0.6) is 0 Å². The molecule has 0 aliphatic heterocycles. The molecule has 1 heteroatoms. The minimum atomic E-state index is 0.135. The quantitative estimate of drug-likeness (QED) is 0.511. The van der Waals surface area contributed by atoms with Gasteiger partial charge in [0.05, 0.1) is 0 Å². The Labute approximate surface area is 132 Å². The van der Waals surface area contributed by atoms with Gasteiger partial charge in [0.1, 0.15) is 0 Å². The summed E-state index contributed by atoms with van der Waals surface area (Å²) in [6.45, 7) is 13.5. The van der Waals surface area contributed by atoms with Gasteiger partial charge >= 0.3 is 0 Å². The van der Waals surface area contributed by atoms with Crippen molar-refractivity contribution < 1.29 is 0 Å². The van der Waals surface area contributed by atoms with E-state index in [1.165, 1.54) is 63.4 Å². The molecule has 4 atom stereocenters. The van der Waals surface area contributed by atoms with Crippen molar-refractivity contribution in [3.63, 3.8) is 0 Å². The number of unbranched alkanes of at least 4 members (excludes halogenated alkanes) is 1. The average Bonchev–Trinajstić information content (AvgIpc) is 2.38. The first-order chi connectivity index (χ1) is 9.74. The summed E-state index contributed by atoms with van der Waals surface area (Å²) < 4.78 is 0. The van der Waals surface area contributed by atoms with Crippen molar-refractivity contribution in [2.75, 3.05) is 0 Å². The lowest BCUT2D eigenvalue weighted by Gasteiger charge is -2.56. The van der Waals surface area contributed by atoms with E-state index >= 15 is 0 Å². The van der Waals surface area contributed by atoms with Crippen molar-refractivity contribution in [1.29, 1.82) is 0 Å². The topological polar surface area (TPSA) is 26.0 Å². The Bertz CT molecular complexity index is 370. The zero-order chi connectivity index (χ0) is 15.7. The number of nitrogens with two attached hydrogens (primary N) is 1. The zero-order valence-corrected chi connectivity index (χ0v) is 14.9. The van der Waals surface area contributed by atoms with Crippen LogP contribution >= 0.6 is 0 Å². The first-order valence-electron chi connectivity index (χ1n) is 9.18. The summed E-state index contributed by atoms with van der Waals surface area (Å²) >= 11 is 0. The van der Waals surface area contributed by atoms with E-state index in [-0.39, 0.29) is 5.54 Å². The SMILES string of the molecule is C=C(C)CCCCC1C(C)CCC2CC(C)(C)CCC21N. The van der Waals surface area contributed by atoms with Crippen LogP contribution in [0.4, 0.5) is 0 Å². The monoisotopic (exact) mass is 291 g/mol. The molecular weight excluding hydrogens is 254 g/mol. The Morgan fingerprint density at radius 1 is 1.19 bits per heavy atom. The van der Waals surface area contributed by atoms with Gasteiger partial charge in [-0.15, -0.1) is 6.58 Å². The van der Waals surface area contributed by atoms with Gasteiger partial charge in [0.25, 0.3) is 0 Å². The molecule has 0 radical (unpaired) electrons. The fraction of sp³-hybridized carbons (Fsp3) is 0.900. The standard InChI is InChI=1S/C20H37N/c1-15(2)8-6-7-9-18-16(3)10-11-17-14-19(4,5)12-13-20(17,18)21/h16-18H,1,6-14,21H2,2-5H3. The molecule has 2 fully saturated rings. The Morgan fingerprint density at radius 3 is 2.57 bits per heavy atom. The summed E-state index contributed by atoms with van der Waals surface area (Å²) in [5, 5.41) is 0. The Hall–Kier alpha value is -0.300. The molecule has 0 saturated heterocycles. The Balaban J connectivity index is 1.99. The summed E-state index contributed by atoms with van der Waals surface area (Å²) in [5.74, 6) is 2.33. The maximum atomic E-state index is 7.04. The fourth-order valence-corrected chi connectivity index (χ4v) is 5.12. The van der Waals surface area contributed by atoms with Crippen molar-refractivity contribution >= 4 is 0 Å². The van der Waals surface area contributed by atoms with Crippen molar-refractivity contribution in [2.45, 2.75) is 91.0 Å². The average molecular weight is 292 g/mol. The molecule has 2 saturated carbocycles. The van der Waals surface area contributed by atoms with E-state index in [0.29, 0.717) is 5.41 Å². The third kappa shape index (κ3) is 3.92. The second-order valence-corrected chi connectivity index (χ2v) is 9.04. The second-order valence-electron chi connectivity index (χ2n) is 9.04. The van der Waals surface area contributed by atoms with Crippen LogP contribution in [0, 0.1) is 23.2 Å². The summed E-state index contributed by atoms with van der Waals surface area (Å²) in [7, 11) is 0. The van der Waals surface area contributed by atoms with Crippen molar-refractivity contribution in [3.05, 3.63) is 12.2 Å². The van der Waals surface area contributed by atoms with Crippen molar-refractivity contribution in [1.82, 2.24) is 0 Å². The number of hydrogen-bond acceptors (Lipinski definition) is 1. The van der Waals surface area contributed by atoms with Crippen LogP contribution in [-0.2, 0) is 0 Å². The van der Waals surface area contributed by atoms with Gasteiger partial charge in [0.15, 0.2) is 0 Å². The molecule has 2 rings (SSSR count). The lowest BCUT2D eigenvalue weighted by Crippen LogP contribution is -2.61. The molecule has 2 aliphatic carbocycles. The molecule has 0 amide bonds. The lowest BCUT2D eigenvalue weighted by molar-refractivity contribution is -0.0151. The molecular formula is C20H37N. The predicted octanol–water partition coefficient (Wildman–Crippen LogP) is 5.69. The van der Waals surface area contributed by atoms with Crippen LogP contribution in [0.1, 0.15) is 85.5 Å². The Morgan fingerprint density at radius 2 is 1.90 bits per heavy atom. The van der Waals surface area contributed by atoms with Gasteiger partial charge in [0, 0.05) is 5.54 Å². The van der Waals surface area contributed by atoms with Crippen LogP contribution in [-0.4, -0.2) is 5.54 Å². The van der Waals surface area contributed by atoms with Crippen LogP contribution < -0.4 is 5.73 Å². The van der Waals surface area contributed by atoms with Gasteiger partial charge < -0.3 is 5.73 Å². The first kappa shape index (κ1) is 17.1. The largest absolute Gasteiger partial charge is 0.325 e. The maximum absolute atomic E-state index is 7.04. The molecule has 0 spiro atoms. The minimum Gasteiger partial charge on any atom is -0.325 e. The minimum absolute atomic E-state index is 0.135. The second kappa shape index (κ2) is 6.44.